The topological polar surface area (TPSA) is 35.4 Å². The fourth-order valence-corrected chi connectivity index (χ4v) is 2.33. The van der Waals surface area contributed by atoms with Gasteiger partial charge in [-0.15, -0.1) is 0 Å². The predicted molar refractivity (Wildman–Crippen MR) is 79.1 cm³/mol. The molecule has 0 aromatic heterocycles. The molecule has 98 valence electrons. The van der Waals surface area contributed by atoms with Gasteiger partial charge < -0.3 is 5.11 Å². The Bertz CT molecular complexity index is 636. The third-order valence-electron chi connectivity index (χ3n) is 2.81. The van der Waals surface area contributed by atoms with Crippen molar-refractivity contribution in [3.8, 4) is 5.75 Å². The molecule has 20 heavy (non-hydrogen) atoms. The number of hydrogen-bond donors (Lipinski definition) is 0. The SMILES string of the molecule is Cc1cccc(C)c1N=Cc1cc(Cl)cc(Cl)c1[O-].[Na+]. The van der Waals surface area contributed by atoms with Crippen molar-refractivity contribution in [1.29, 1.82) is 0 Å². The van der Waals surface area contributed by atoms with E-state index in [1.54, 1.807) is 6.07 Å². The molecule has 2 rings (SSSR count). The molecule has 0 amide bonds. The maximum absolute atomic E-state index is 11.8. The maximum atomic E-state index is 11.8. The smallest absolute Gasteiger partial charge is 0.871 e. The van der Waals surface area contributed by atoms with Gasteiger partial charge in [0.2, 0.25) is 0 Å². The number of para-hydroxylation sites is 1. The van der Waals surface area contributed by atoms with Crippen molar-refractivity contribution in [2.45, 2.75) is 13.8 Å². The van der Waals surface area contributed by atoms with Crippen molar-refractivity contribution in [3.05, 3.63) is 57.1 Å². The molecule has 5 heteroatoms. The van der Waals surface area contributed by atoms with Gasteiger partial charge in [-0.2, -0.15) is 0 Å². The Morgan fingerprint density at radius 3 is 2.30 bits per heavy atom. The summed E-state index contributed by atoms with van der Waals surface area (Å²) in [6, 6.07) is 8.92. The van der Waals surface area contributed by atoms with Gasteiger partial charge in [0, 0.05) is 16.3 Å². The van der Waals surface area contributed by atoms with E-state index in [4.69, 9.17) is 23.2 Å². The Hall–Kier alpha value is -0.510. The second-order valence-corrected chi connectivity index (χ2v) is 5.15. The van der Waals surface area contributed by atoms with Gasteiger partial charge in [-0.1, -0.05) is 47.2 Å². The molecule has 0 saturated carbocycles. The minimum Gasteiger partial charge on any atom is -0.871 e. The van der Waals surface area contributed by atoms with Crippen molar-refractivity contribution < 1.29 is 34.7 Å². The molecular formula is C15H12Cl2NNaO. The van der Waals surface area contributed by atoms with E-state index in [0.29, 0.717) is 10.6 Å². The van der Waals surface area contributed by atoms with Gasteiger partial charge in [0.05, 0.1) is 5.69 Å². The van der Waals surface area contributed by atoms with Crippen molar-refractivity contribution in [2.24, 2.45) is 4.99 Å². The summed E-state index contributed by atoms with van der Waals surface area (Å²) in [5.41, 5.74) is 3.35. The second kappa shape index (κ2) is 7.48. The molecule has 0 spiro atoms. The zero-order valence-corrected chi connectivity index (χ0v) is 15.1. The molecule has 0 aliphatic carbocycles. The van der Waals surface area contributed by atoms with Crippen LogP contribution in [0.2, 0.25) is 10.0 Å². The maximum Gasteiger partial charge on any atom is 1.00 e. The first-order valence-corrected chi connectivity index (χ1v) is 6.51. The Labute approximate surface area is 150 Å². The summed E-state index contributed by atoms with van der Waals surface area (Å²) >= 11 is 11.7. The monoisotopic (exact) mass is 315 g/mol. The molecule has 0 aliphatic heterocycles. The van der Waals surface area contributed by atoms with Crippen molar-refractivity contribution in [2.75, 3.05) is 0 Å². The molecule has 0 unspecified atom stereocenters. The number of nitrogens with zero attached hydrogens (tertiary/aromatic N) is 1. The zero-order valence-electron chi connectivity index (χ0n) is 11.6. The molecule has 2 aromatic rings. The summed E-state index contributed by atoms with van der Waals surface area (Å²) in [5.74, 6) is -0.263. The van der Waals surface area contributed by atoms with Crippen LogP contribution in [0.3, 0.4) is 0 Å². The first-order chi connectivity index (χ1) is 8.99. The Balaban J connectivity index is 0.00000200. The van der Waals surface area contributed by atoms with Gasteiger partial charge in [-0.25, -0.2) is 0 Å². The predicted octanol–water partition coefficient (Wildman–Crippen LogP) is 1.44. The third kappa shape index (κ3) is 4.00. The van der Waals surface area contributed by atoms with Gasteiger partial charge in [-0.05, 0) is 42.7 Å². The summed E-state index contributed by atoms with van der Waals surface area (Å²) in [6.45, 7) is 3.95. The van der Waals surface area contributed by atoms with E-state index in [2.05, 4.69) is 4.99 Å². The van der Waals surface area contributed by atoms with Crippen LogP contribution < -0.4 is 34.7 Å². The summed E-state index contributed by atoms with van der Waals surface area (Å²) in [5, 5.41) is 12.4. The van der Waals surface area contributed by atoms with E-state index >= 15 is 0 Å². The molecule has 0 atom stereocenters. The van der Waals surface area contributed by atoms with E-state index in [1.165, 1.54) is 12.3 Å². The number of aryl methyl sites for hydroxylation is 2. The van der Waals surface area contributed by atoms with E-state index < -0.39 is 0 Å². The average Bonchev–Trinajstić information content (AvgIpc) is 2.34. The quantitative estimate of drug-likeness (QED) is 0.610. The molecule has 2 nitrogen and oxygen atoms in total. The van der Waals surface area contributed by atoms with Crippen LogP contribution in [0, 0.1) is 13.8 Å². The van der Waals surface area contributed by atoms with Crippen LogP contribution in [0.5, 0.6) is 5.75 Å². The fourth-order valence-electron chi connectivity index (χ4n) is 1.82. The minimum atomic E-state index is -0.263. The van der Waals surface area contributed by atoms with Crippen LogP contribution in [0.1, 0.15) is 16.7 Å². The Kier molecular flexibility index (Phi) is 6.56. The molecule has 0 aliphatic rings. The molecule has 0 saturated heterocycles. The third-order valence-corrected chi connectivity index (χ3v) is 3.31. The molecule has 0 bridgehead atoms. The number of rotatable bonds is 2. The van der Waals surface area contributed by atoms with Crippen LogP contribution in [0.25, 0.3) is 0 Å². The largest absolute Gasteiger partial charge is 1.00 e. The number of hydrogen-bond acceptors (Lipinski definition) is 2. The molecule has 0 fully saturated rings. The summed E-state index contributed by atoms with van der Waals surface area (Å²) in [6.07, 6.45) is 1.51. The number of aliphatic imine (C=N–C) groups is 1. The van der Waals surface area contributed by atoms with Crippen LogP contribution in [0.15, 0.2) is 35.3 Å². The minimum absolute atomic E-state index is 0. The Morgan fingerprint density at radius 2 is 1.70 bits per heavy atom. The summed E-state index contributed by atoms with van der Waals surface area (Å²) in [4.78, 5) is 4.38. The van der Waals surface area contributed by atoms with Gasteiger partial charge >= 0.3 is 29.6 Å². The van der Waals surface area contributed by atoms with Gasteiger partial charge in [0.1, 0.15) is 0 Å². The van der Waals surface area contributed by atoms with Gasteiger partial charge in [0.15, 0.2) is 0 Å². The van der Waals surface area contributed by atoms with E-state index in [0.717, 1.165) is 16.8 Å². The standard InChI is InChI=1S/C15H13Cl2NO.Na/c1-9-4-3-5-10(2)14(9)18-8-11-6-12(16)7-13(17)15(11)19;/h3-8,19H,1-2H3;/q;+1/p-1. The number of halogens is 2. The first-order valence-electron chi connectivity index (χ1n) is 5.75. The van der Waals surface area contributed by atoms with Crippen molar-refractivity contribution >= 4 is 35.1 Å². The van der Waals surface area contributed by atoms with E-state index in [9.17, 15) is 5.11 Å². The normalized spacial score (nSPS) is 10.6. The second-order valence-electron chi connectivity index (χ2n) is 4.30. The van der Waals surface area contributed by atoms with Crippen LogP contribution in [0.4, 0.5) is 5.69 Å². The van der Waals surface area contributed by atoms with Crippen molar-refractivity contribution in [1.82, 2.24) is 0 Å². The van der Waals surface area contributed by atoms with Crippen LogP contribution >= 0.6 is 23.2 Å². The first kappa shape index (κ1) is 17.5. The van der Waals surface area contributed by atoms with Crippen LogP contribution in [-0.4, -0.2) is 6.21 Å². The molecule has 0 radical (unpaired) electrons. The van der Waals surface area contributed by atoms with Crippen molar-refractivity contribution in [3.63, 3.8) is 0 Å². The summed E-state index contributed by atoms with van der Waals surface area (Å²) in [7, 11) is 0. The average molecular weight is 316 g/mol. The van der Waals surface area contributed by atoms with E-state index in [1.807, 2.05) is 32.0 Å². The fraction of sp³-hybridized carbons (Fsp3) is 0.133. The van der Waals surface area contributed by atoms with Crippen LogP contribution in [-0.2, 0) is 0 Å². The molecule has 2 aromatic carbocycles. The molecular weight excluding hydrogens is 304 g/mol. The van der Waals surface area contributed by atoms with Gasteiger partial charge in [-0.3, -0.25) is 4.99 Å². The van der Waals surface area contributed by atoms with Gasteiger partial charge in [0.25, 0.3) is 0 Å². The zero-order chi connectivity index (χ0) is 14.0. The summed E-state index contributed by atoms with van der Waals surface area (Å²) < 4.78 is 0. The molecule has 0 N–H and O–H groups in total. The Morgan fingerprint density at radius 1 is 1.10 bits per heavy atom. The molecule has 0 heterocycles. The number of benzene rings is 2. The van der Waals surface area contributed by atoms with E-state index in [-0.39, 0.29) is 40.3 Å².